The third kappa shape index (κ3) is 10.8. The van der Waals surface area contributed by atoms with Gasteiger partial charge in [-0.1, -0.05) is 0 Å². The van der Waals surface area contributed by atoms with Crippen LogP contribution in [0.2, 0.25) is 0 Å². The van der Waals surface area contributed by atoms with E-state index in [9.17, 15) is 13.2 Å². The fourth-order valence-electron chi connectivity index (χ4n) is 0. The zero-order chi connectivity index (χ0) is 5.21. The molecule has 0 spiro atoms. The summed E-state index contributed by atoms with van der Waals surface area (Å²) in [6.07, 6.45) is -5.05. The Balaban J connectivity index is 0. The molecular formula is C3H5F3Na. The van der Waals surface area contributed by atoms with Crippen LogP contribution in [0.15, 0.2) is 0 Å². The van der Waals surface area contributed by atoms with Crippen molar-refractivity contribution in [3.8, 4) is 0 Å². The molecule has 1 radical (unpaired) electrons. The summed E-state index contributed by atoms with van der Waals surface area (Å²) < 4.78 is 32.2. The second-order valence-corrected chi connectivity index (χ2v) is 0.865. The van der Waals surface area contributed by atoms with E-state index in [1.807, 2.05) is 0 Å². The molecule has 0 aromatic carbocycles. The van der Waals surface area contributed by atoms with Crippen molar-refractivity contribution in [3.05, 3.63) is 6.92 Å². The van der Waals surface area contributed by atoms with Crippen LogP contribution in [0.3, 0.4) is 0 Å². The number of rotatable bonds is 0. The molecule has 0 aliphatic rings. The first-order valence-corrected chi connectivity index (χ1v) is 1.42. The van der Waals surface area contributed by atoms with Gasteiger partial charge in [0.2, 0.25) is 0 Å². The molecular weight excluding hydrogens is 116 g/mol. The minimum absolute atomic E-state index is 0. The van der Waals surface area contributed by atoms with E-state index in [0.29, 0.717) is 0 Å². The third-order valence-corrected chi connectivity index (χ3v) is 0.283. The van der Waals surface area contributed by atoms with Gasteiger partial charge >= 0.3 is 35.7 Å². The Hall–Kier alpha value is 0.790. The summed E-state index contributed by atoms with van der Waals surface area (Å²) >= 11 is 0. The maximum atomic E-state index is 10.7. The van der Waals surface area contributed by atoms with E-state index in [0.717, 1.165) is 0 Å². The predicted molar refractivity (Wildman–Crippen MR) is 23.2 cm³/mol. The third-order valence-electron chi connectivity index (χ3n) is 0.283. The van der Waals surface area contributed by atoms with E-state index < -0.39 is 12.6 Å². The van der Waals surface area contributed by atoms with Gasteiger partial charge in [-0.2, -0.15) is 13.2 Å². The van der Waals surface area contributed by atoms with Crippen molar-refractivity contribution in [3.63, 3.8) is 0 Å². The van der Waals surface area contributed by atoms with Crippen LogP contribution in [0.25, 0.3) is 0 Å². The molecule has 0 bridgehead atoms. The molecule has 0 amide bonds. The zero-order valence-corrected chi connectivity index (χ0v) is 3.05. The van der Waals surface area contributed by atoms with Gasteiger partial charge in [0.05, 0.1) is 0 Å². The van der Waals surface area contributed by atoms with Gasteiger partial charge in [0.1, 0.15) is 0 Å². The summed E-state index contributed by atoms with van der Waals surface area (Å²) in [6, 6.07) is 0. The average molecular weight is 121 g/mol. The van der Waals surface area contributed by atoms with Gasteiger partial charge in [0.15, 0.2) is 0 Å². The minimum atomic E-state index is -4.07. The molecule has 0 nitrogen and oxygen atoms in total. The Morgan fingerprint density at radius 3 is 1.43 bits per heavy atom. The molecule has 0 aromatic heterocycles. The molecule has 0 fully saturated rings. The van der Waals surface area contributed by atoms with E-state index >= 15 is 0 Å². The summed E-state index contributed by atoms with van der Waals surface area (Å²) in [5, 5.41) is 0. The fraction of sp³-hybridized carbons (Fsp3) is 0.667. The van der Waals surface area contributed by atoms with Gasteiger partial charge < -0.3 is 0 Å². The van der Waals surface area contributed by atoms with Crippen molar-refractivity contribution in [2.75, 3.05) is 0 Å². The van der Waals surface area contributed by atoms with Crippen molar-refractivity contribution in [2.24, 2.45) is 0 Å². The van der Waals surface area contributed by atoms with Crippen LogP contribution in [-0.2, 0) is 0 Å². The Morgan fingerprint density at radius 1 is 1.29 bits per heavy atom. The number of hydrogen-bond donors (Lipinski definition) is 0. The SMILES string of the molecule is [CH2]CC(F)(F)F.[NaH]. The second kappa shape index (κ2) is 3.75. The van der Waals surface area contributed by atoms with Crippen molar-refractivity contribution < 1.29 is 13.2 Å². The van der Waals surface area contributed by atoms with Gasteiger partial charge in [-0.15, -0.1) is 0 Å². The molecule has 0 heterocycles. The monoisotopic (exact) mass is 121 g/mol. The van der Waals surface area contributed by atoms with Gasteiger partial charge in [-0.25, -0.2) is 0 Å². The van der Waals surface area contributed by atoms with Crippen LogP contribution in [0.1, 0.15) is 6.42 Å². The van der Waals surface area contributed by atoms with Gasteiger partial charge in [-0.05, 0) is 6.92 Å². The van der Waals surface area contributed by atoms with Crippen LogP contribution in [-0.4, -0.2) is 35.7 Å². The van der Waals surface area contributed by atoms with Crippen LogP contribution >= 0.6 is 0 Å². The van der Waals surface area contributed by atoms with Crippen LogP contribution in [0, 0.1) is 6.92 Å². The quantitative estimate of drug-likeness (QED) is 0.421. The summed E-state index contributed by atoms with van der Waals surface area (Å²) in [5.41, 5.74) is 0. The molecule has 0 unspecified atom stereocenters. The average Bonchev–Trinajstić information content (AvgIpc) is 1.35. The number of halogens is 3. The predicted octanol–water partition coefficient (Wildman–Crippen LogP) is 1.12. The first-order valence-electron chi connectivity index (χ1n) is 1.42. The van der Waals surface area contributed by atoms with Gasteiger partial charge in [0, 0.05) is 6.42 Å². The molecule has 7 heavy (non-hydrogen) atoms. The second-order valence-electron chi connectivity index (χ2n) is 0.865. The van der Waals surface area contributed by atoms with E-state index in [1.54, 1.807) is 0 Å². The summed E-state index contributed by atoms with van der Waals surface area (Å²) in [6.45, 7) is 2.63. The Morgan fingerprint density at radius 2 is 1.43 bits per heavy atom. The molecule has 0 rings (SSSR count). The van der Waals surface area contributed by atoms with Crippen molar-refractivity contribution >= 4 is 29.6 Å². The maximum absolute atomic E-state index is 10.7. The van der Waals surface area contributed by atoms with Gasteiger partial charge in [-0.3, -0.25) is 0 Å². The molecule has 0 aliphatic heterocycles. The Labute approximate surface area is 62.4 Å². The number of hydrogen-bond acceptors (Lipinski definition) is 0. The van der Waals surface area contributed by atoms with Crippen molar-refractivity contribution in [1.29, 1.82) is 0 Å². The van der Waals surface area contributed by atoms with Crippen molar-refractivity contribution in [2.45, 2.75) is 12.6 Å². The normalized spacial score (nSPS) is 10.3. The first kappa shape index (κ1) is 10.7. The Kier molecular flexibility index (Phi) is 5.74. The topological polar surface area (TPSA) is 0 Å². The van der Waals surface area contributed by atoms with Crippen LogP contribution in [0.5, 0.6) is 0 Å². The summed E-state index contributed by atoms with van der Waals surface area (Å²) in [5.74, 6) is 0. The number of alkyl halides is 3. The standard InChI is InChI=1S/C3H4F3.Na.H/c1-2-3(4,5)6;;/h1-2H2;;. The molecule has 0 N–H and O–H groups in total. The van der Waals surface area contributed by atoms with E-state index in [2.05, 4.69) is 6.92 Å². The molecule has 0 saturated heterocycles. The van der Waals surface area contributed by atoms with E-state index in [-0.39, 0.29) is 29.6 Å². The summed E-state index contributed by atoms with van der Waals surface area (Å²) in [4.78, 5) is 0. The van der Waals surface area contributed by atoms with E-state index in [1.165, 1.54) is 0 Å². The van der Waals surface area contributed by atoms with Crippen LogP contribution < -0.4 is 0 Å². The summed E-state index contributed by atoms with van der Waals surface area (Å²) in [7, 11) is 0. The van der Waals surface area contributed by atoms with Crippen LogP contribution in [0.4, 0.5) is 13.2 Å². The fourth-order valence-corrected chi connectivity index (χ4v) is 0. The molecule has 39 valence electrons. The Bertz CT molecular complexity index is 39.9. The van der Waals surface area contributed by atoms with E-state index in [4.69, 9.17) is 0 Å². The molecule has 0 atom stereocenters. The molecule has 0 aromatic rings. The first-order chi connectivity index (χ1) is 2.56. The molecule has 0 aliphatic carbocycles. The molecule has 4 heteroatoms. The molecule has 0 saturated carbocycles. The van der Waals surface area contributed by atoms with Gasteiger partial charge in [0.25, 0.3) is 0 Å². The van der Waals surface area contributed by atoms with Crippen molar-refractivity contribution in [1.82, 2.24) is 0 Å². The zero-order valence-electron chi connectivity index (χ0n) is 3.05.